The van der Waals surface area contributed by atoms with Crippen LogP contribution in [0.3, 0.4) is 0 Å². The van der Waals surface area contributed by atoms with Crippen LogP contribution in [0.1, 0.15) is 20.3 Å². The largest absolute Gasteiger partial charge is 0.393 e. The normalized spacial score (nSPS) is 25.3. The van der Waals surface area contributed by atoms with Crippen molar-refractivity contribution >= 4 is 17.1 Å². The summed E-state index contributed by atoms with van der Waals surface area (Å²) in [5, 5.41) is 23.5. The predicted octanol–water partition coefficient (Wildman–Crippen LogP) is 1.75. The topological polar surface area (TPSA) is 101 Å². The van der Waals surface area contributed by atoms with Gasteiger partial charge in [-0.25, -0.2) is 0 Å². The monoisotopic (exact) mass is 251 g/mol. The van der Waals surface area contributed by atoms with E-state index in [2.05, 4.69) is 5.32 Å². The number of nitrogens with one attached hydrogen (secondary N) is 1. The van der Waals surface area contributed by atoms with E-state index >= 15 is 0 Å². The molecule has 0 radical (unpaired) electrons. The molecule has 2 rings (SSSR count). The Morgan fingerprint density at radius 2 is 2.22 bits per heavy atom. The number of nitro benzene ring substituents is 1. The number of rotatable bonds is 3. The molecule has 1 aromatic rings. The molecule has 6 heteroatoms. The van der Waals surface area contributed by atoms with Gasteiger partial charge in [0.05, 0.1) is 11.0 Å². The summed E-state index contributed by atoms with van der Waals surface area (Å²) in [6, 6.07) is 4.72. The molecule has 2 unspecified atom stereocenters. The molecular formula is C12H17N3O3. The van der Waals surface area contributed by atoms with E-state index in [4.69, 9.17) is 5.73 Å². The Morgan fingerprint density at radius 3 is 2.67 bits per heavy atom. The number of aliphatic hydroxyl groups excluding tert-OH is 1. The highest BCUT2D eigenvalue weighted by atomic mass is 16.6. The Balaban J connectivity index is 2.12. The average Bonchev–Trinajstić information content (AvgIpc) is 2.28. The van der Waals surface area contributed by atoms with Gasteiger partial charge in [-0.05, 0) is 18.6 Å². The van der Waals surface area contributed by atoms with Gasteiger partial charge in [-0.1, -0.05) is 13.8 Å². The molecule has 1 saturated carbocycles. The smallest absolute Gasteiger partial charge is 0.292 e. The molecule has 1 aromatic carbocycles. The zero-order valence-electron chi connectivity index (χ0n) is 10.4. The Morgan fingerprint density at radius 1 is 1.56 bits per heavy atom. The molecule has 0 saturated heterocycles. The lowest BCUT2D eigenvalue weighted by Gasteiger charge is -2.49. The first-order valence-corrected chi connectivity index (χ1v) is 5.81. The van der Waals surface area contributed by atoms with E-state index in [-0.39, 0.29) is 28.9 Å². The minimum Gasteiger partial charge on any atom is -0.393 e. The second-order valence-electron chi connectivity index (χ2n) is 5.30. The van der Waals surface area contributed by atoms with Crippen LogP contribution in [-0.4, -0.2) is 22.2 Å². The summed E-state index contributed by atoms with van der Waals surface area (Å²) in [5.74, 6) is 0. The molecule has 0 heterocycles. The molecule has 98 valence electrons. The SMILES string of the molecule is CC1(C)C(O)CC1Nc1ccc([N+](=O)[O-])c(N)c1. The van der Waals surface area contributed by atoms with E-state index in [9.17, 15) is 15.2 Å². The summed E-state index contributed by atoms with van der Waals surface area (Å²) in [6.45, 7) is 3.96. The zero-order valence-corrected chi connectivity index (χ0v) is 10.4. The van der Waals surface area contributed by atoms with E-state index in [1.165, 1.54) is 6.07 Å². The fourth-order valence-corrected chi connectivity index (χ4v) is 2.16. The Bertz CT molecular complexity index is 487. The van der Waals surface area contributed by atoms with Crippen LogP contribution in [0.25, 0.3) is 0 Å². The van der Waals surface area contributed by atoms with Crippen LogP contribution in [-0.2, 0) is 0 Å². The molecule has 1 fully saturated rings. The van der Waals surface area contributed by atoms with E-state index < -0.39 is 4.92 Å². The highest BCUT2D eigenvalue weighted by Crippen LogP contribution is 2.42. The maximum absolute atomic E-state index is 10.6. The molecule has 1 aliphatic rings. The third-order valence-electron chi connectivity index (χ3n) is 3.78. The second kappa shape index (κ2) is 4.13. The third kappa shape index (κ3) is 1.99. The fraction of sp³-hybridized carbons (Fsp3) is 0.500. The van der Waals surface area contributed by atoms with Crippen LogP contribution in [0.15, 0.2) is 18.2 Å². The molecule has 2 atom stereocenters. The van der Waals surface area contributed by atoms with Crippen LogP contribution in [0.4, 0.5) is 17.1 Å². The van der Waals surface area contributed by atoms with Crippen molar-refractivity contribution in [2.75, 3.05) is 11.1 Å². The van der Waals surface area contributed by atoms with Gasteiger partial charge < -0.3 is 16.2 Å². The van der Waals surface area contributed by atoms with Gasteiger partial charge in [0.15, 0.2) is 0 Å². The van der Waals surface area contributed by atoms with Gasteiger partial charge in [0, 0.05) is 23.2 Å². The van der Waals surface area contributed by atoms with Crippen LogP contribution in [0, 0.1) is 15.5 Å². The molecule has 4 N–H and O–H groups in total. The molecule has 18 heavy (non-hydrogen) atoms. The fourth-order valence-electron chi connectivity index (χ4n) is 2.16. The van der Waals surface area contributed by atoms with Crippen molar-refractivity contribution in [1.82, 2.24) is 0 Å². The Hall–Kier alpha value is -1.82. The molecule has 0 amide bonds. The van der Waals surface area contributed by atoms with Crippen molar-refractivity contribution in [2.24, 2.45) is 5.41 Å². The van der Waals surface area contributed by atoms with Gasteiger partial charge in [0.1, 0.15) is 5.69 Å². The molecule has 0 aliphatic heterocycles. The highest BCUT2D eigenvalue weighted by Gasteiger charge is 2.47. The minimum atomic E-state index is -0.504. The van der Waals surface area contributed by atoms with E-state index in [0.29, 0.717) is 6.42 Å². The molecule has 1 aliphatic carbocycles. The van der Waals surface area contributed by atoms with E-state index in [1.807, 2.05) is 13.8 Å². The summed E-state index contributed by atoms with van der Waals surface area (Å²) in [6.07, 6.45) is 0.356. The number of nitrogens with two attached hydrogens (primary N) is 1. The second-order valence-corrected chi connectivity index (χ2v) is 5.30. The van der Waals surface area contributed by atoms with Crippen LogP contribution >= 0.6 is 0 Å². The number of aliphatic hydroxyl groups is 1. The van der Waals surface area contributed by atoms with Gasteiger partial charge in [0.25, 0.3) is 5.69 Å². The van der Waals surface area contributed by atoms with Crippen LogP contribution < -0.4 is 11.1 Å². The van der Waals surface area contributed by atoms with Gasteiger partial charge in [-0.15, -0.1) is 0 Å². The Kier molecular flexibility index (Phi) is 2.90. The third-order valence-corrected chi connectivity index (χ3v) is 3.78. The van der Waals surface area contributed by atoms with Crippen LogP contribution in [0.5, 0.6) is 0 Å². The van der Waals surface area contributed by atoms with Crippen molar-refractivity contribution < 1.29 is 10.0 Å². The highest BCUT2D eigenvalue weighted by molar-refractivity contribution is 5.66. The lowest BCUT2D eigenvalue weighted by molar-refractivity contribution is -0.383. The number of nitrogen functional groups attached to an aromatic ring is 1. The van der Waals surface area contributed by atoms with Crippen molar-refractivity contribution in [1.29, 1.82) is 0 Å². The van der Waals surface area contributed by atoms with Crippen molar-refractivity contribution in [2.45, 2.75) is 32.4 Å². The van der Waals surface area contributed by atoms with Crippen LogP contribution in [0.2, 0.25) is 0 Å². The lowest BCUT2D eigenvalue weighted by atomic mass is 9.64. The zero-order chi connectivity index (χ0) is 13.5. The summed E-state index contributed by atoms with van der Waals surface area (Å²) >= 11 is 0. The van der Waals surface area contributed by atoms with E-state index in [1.54, 1.807) is 12.1 Å². The van der Waals surface area contributed by atoms with Crippen molar-refractivity contribution in [3.63, 3.8) is 0 Å². The van der Waals surface area contributed by atoms with Gasteiger partial charge >= 0.3 is 0 Å². The average molecular weight is 251 g/mol. The summed E-state index contributed by atoms with van der Waals surface area (Å²) in [7, 11) is 0. The molecular weight excluding hydrogens is 234 g/mol. The molecule has 6 nitrogen and oxygen atoms in total. The molecule has 0 bridgehead atoms. The van der Waals surface area contributed by atoms with Gasteiger partial charge in [-0.2, -0.15) is 0 Å². The standard InChI is InChI=1S/C12H17N3O3/c1-12(2)10(6-11(12)16)14-7-3-4-9(15(17)18)8(13)5-7/h3-5,10-11,14,16H,6,13H2,1-2H3. The number of benzene rings is 1. The molecule has 0 spiro atoms. The first-order chi connectivity index (χ1) is 8.32. The van der Waals surface area contributed by atoms with Gasteiger partial charge in [0.2, 0.25) is 0 Å². The number of hydrogen-bond donors (Lipinski definition) is 3. The Labute approximate surface area is 105 Å². The summed E-state index contributed by atoms with van der Waals surface area (Å²) in [5.41, 5.74) is 6.21. The predicted molar refractivity (Wildman–Crippen MR) is 69.3 cm³/mol. The van der Waals surface area contributed by atoms with E-state index in [0.717, 1.165) is 5.69 Å². The summed E-state index contributed by atoms with van der Waals surface area (Å²) in [4.78, 5) is 10.1. The number of nitrogens with zero attached hydrogens (tertiary/aromatic N) is 1. The van der Waals surface area contributed by atoms with Crippen molar-refractivity contribution in [3.05, 3.63) is 28.3 Å². The maximum atomic E-state index is 10.6. The number of hydrogen-bond acceptors (Lipinski definition) is 5. The maximum Gasteiger partial charge on any atom is 0.292 e. The number of nitro groups is 1. The number of anilines is 2. The van der Waals surface area contributed by atoms with Crippen molar-refractivity contribution in [3.8, 4) is 0 Å². The van der Waals surface area contributed by atoms with Gasteiger partial charge in [-0.3, -0.25) is 10.1 Å². The first-order valence-electron chi connectivity index (χ1n) is 5.81. The minimum absolute atomic E-state index is 0.0894. The lowest BCUT2D eigenvalue weighted by Crippen LogP contribution is -2.56. The summed E-state index contributed by atoms with van der Waals surface area (Å²) < 4.78 is 0. The molecule has 0 aromatic heterocycles. The quantitative estimate of drug-likeness (QED) is 0.431. The first kappa shape index (κ1) is 12.6.